The number of hydrogen-bond acceptors (Lipinski definition) is 7. The molecule has 242 valence electrons. The van der Waals surface area contributed by atoms with E-state index in [4.69, 9.17) is 14.2 Å². The number of halogens is 1. The highest BCUT2D eigenvalue weighted by atomic mass is 19.1. The van der Waals surface area contributed by atoms with E-state index >= 15 is 0 Å². The third kappa shape index (κ3) is 6.93. The van der Waals surface area contributed by atoms with E-state index in [0.717, 1.165) is 31.2 Å². The van der Waals surface area contributed by atoms with Crippen molar-refractivity contribution in [2.24, 2.45) is 5.92 Å². The molecule has 0 bridgehead atoms. The van der Waals surface area contributed by atoms with Gasteiger partial charge < -0.3 is 24.2 Å². The van der Waals surface area contributed by atoms with Crippen molar-refractivity contribution in [1.29, 1.82) is 0 Å². The summed E-state index contributed by atoms with van der Waals surface area (Å²) in [4.78, 5) is 31.2. The minimum atomic E-state index is -0.932. The molecule has 45 heavy (non-hydrogen) atoms. The number of nitrogens with zero attached hydrogens (tertiary/aromatic N) is 4. The van der Waals surface area contributed by atoms with Gasteiger partial charge in [-0.15, -0.1) is 0 Å². The molecule has 0 unspecified atom stereocenters. The number of benzene rings is 2. The first-order valence-corrected chi connectivity index (χ1v) is 15.8. The predicted octanol–water partition coefficient (Wildman–Crippen LogP) is 5.63. The molecule has 1 aromatic heterocycles. The maximum Gasteiger partial charge on any atom is 0.308 e. The summed E-state index contributed by atoms with van der Waals surface area (Å²) < 4.78 is 32.9. The summed E-state index contributed by atoms with van der Waals surface area (Å²) in [5.74, 6) is -1.15. The highest BCUT2D eigenvalue weighted by Gasteiger charge is 2.48. The summed E-state index contributed by atoms with van der Waals surface area (Å²) in [6.07, 6.45) is 7.40. The van der Waals surface area contributed by atoms with Crippen LogP contribution in [0.15, 0.2) is 48.8 Å². The van der Waals surface area contributed by atoms with Crippen molar-refractivity contribution in [2.45, 2.75) is 77.4 Å². The SMILES string of the molecule is CCCC(CCC)N(C(=O)CN1C[C@H](c2cc(OC)c3c(c2)OCO3)[C@@H](C(=O)O)[C@@H]1CCn1cccn1)c1ccc(F)c(C)c1. The number of carboxylic acid groups (broad SMARTS) is 1. The molecule has 2 aromatic carbocycles. The van der Waals surface area contributed by atoms with Gasteiger partial charge in [-0.2, -0.15) is 5.10 Å². The number of methoxy groups -OCH3 is 1. The zero-order chi connectivity index (χ0) is 32.1. The number of rotatable bonds is 14. The van der Waals surface area contributed by atoms with E-state index in [9.17, 15) is 19.1 Å². The molecule has 3 heterocycles. The summed E-state index contributed by atoms with van der Waals surface area (Å²) in [5.41, 5.74) is 1.88. The molecule has 1 saturated heterocycles. The number of hydrogen-bond donors (Lipinski definition) is 1. The van der Waals surface area contributed by atoms with Crippen LogP contribution >= 0.6 is 0 Å². The van der Waals surface area contributed by atoms with Gasteiger partial charge in [0.15, 0.2) is 11.5 Å². The van der Waals surface area contributed by atoms with E-state index in [1.165, 1.54) is 13.2 Å². The van der Waals surface area contributed by atoms with Gasteiger partial charge in [-0.1, -0.05) is 26.7 Å². The van der Waals surface area contributed by atoms with Gasteiger partial charge in [0.2, 0.25) is 18.4 Å². The van der Waals surface area contributed by atoms with E-state index in [2.05, 4.69) is 18.9 Å². The fourth-order valence-corrected chi connectivity index (χ4v) is 6.91. The largest absolute Gasteiger partial charge is 0.493 e. The van der Waals surface area contributed by atoms with E-state index in [0.29, 0.717) is 48.0 Å². The molecule has 1 N–H and O–H groups in total. The van der Waals surface area contributed by atoms with Crippen LogP contribution in [0.4, 0.5) is 10.1 Å². The van der Waals surface area contributed by atoms with E-state index in [-0.39, 0.29) is 31.1 Å². The first kappa shape index (κ1) is 32.3. The third-order valence-corrected chi connectivity index (χ3v) is 8.99. The first-order valence-electron chi connectivity index (χ1n) is 15.8. The fourth-order valence-electron chi connectivity index (χ4n) is 6.91. The van der Waals surface area contributed by atoms with Gasteiger partial charge in [0, 0.05) is 49.2 Å². The Labute approximate surface area is 263 Å². The standard InChI is InChI=1S/C34H43FN4O6/c1-5-8-24(9-6-2)39(25-10-11-27(35)22(3)16-25)31(40)20-37-19-26(23-17-29(43-4)33-30(18-23)44-21-45-33)32(34(41)42)28(37)12-15-38-14-7-13-36-38/h7,10-11,13-14,16-18,24,26,28,32H,5-6,8-9,12,15,19-21H2,1-4H3,(H,41,42)/t26-,28+,32-/m1/s1. The molecule has 1 amide bonds. The molecule has 5 rings (SSSR count). The summed E-state index contributed by atoms with van der Waals surface area (Å²) in [7, 11) is 1.54. The predicted molar refractivity (Wildman–Crippen MR) is 167 cm³/mol. The summed E-state index contributed by atoms with van der Waals surface area (Å²) >= 11 is 0. The third-order valence-electron chi connectivity index (χ3n) is 8.99. The summed E-state index contributed by atoms with van der Waals surface area (Å²) in [5, 5.41) is 15.0. The van der Waals surface area contributed by atoms with Crippen molar-refractivity contribution < 1.29 is 33.3 Å². The van der Waals surface area contributed by atoms with E-state index < -0.39 is 23.8 Å². The molecule has 2 aliphatic heterocycles. The number of ether oxygens (including phenoxy) is 3. The maximum absolute atomic E-state index is 14.4. The van der Waals surface area contributed by atoms with Crippen LogP contribution in [-0.4, -0.2) is 70.7 Å². The second-order valence-electron chi connectivity index (χ2n) is 11.9. The molecule has 0 saturated carbocycles. The summed E-state index contributed by atoms with van der Waals surface area (Å²) in [6.45, 7) is 6.81. The van der Waals surface area contributed by atoms with Crippen LogP contribution in [0.5, 0.6) is 17.2 Å². The Hall–Kier alpha value is -4.12. The Morgan fingerprint density at radius 1 is 1.18 bits per heavy atom. The quantitative estimate of drug-likeness (QED) is 0.247. The van der Waals surface area contributed by atoms with Crippen molar-refractivity contribution in [1.82, 2.24) is 14.7 Å². The zero-order valence-electron chi connectivity index (χ0n) is 26.4. The lowest BCUT2D eigenvalue weighted by molar-refractivity contribution is -0.143. The van der Waals surface area contributed by atoms with Gasteiger partial charge in [-0.25, -0.2) is 4.39 Å². The topological polar surface area (TPSA) is 106 Å². The lowest BCUT2D eigenvalue weighted by Crippen LogP contribution is -2.48. The Morgan fingerprint density at radius 2 is 1.96 bits per heavy atom. The average molecular weight is 623 g/mol. The summed E-state index contributed by atoms with van der Waals surface area (Å²) in [6, 6.07) is 9.76. The lowest BCUT2D eigenvalue weighted by Gasteiger charge is -2.35. The lowest BCUT2D eigenvalue weighted by atomic mass is 9.84. The van der Waals surface area contributed by atoms with Crippen LogP contribution < -0.4 is 19.1 Å². The smallest absolute Gasteiger partial charge is 0.308 e. The maximum atomic E-state index is 14.4. The van der Waals surface area contributed by atoms with Crippen LogP contribution in [0.2, 0.25) is 0 Å². The molecular formula is C34H43FN4O6. The molecule has 1 fully saturated rings. The van der Waals surface area contributed by atoms with Crippen LogP contribution in [0.3, 0.4) is 0 Å². The number of amides is 1. The van der Waals surface area contributed by atoms with Crippen molar-refractivity contribution in [2.75, 3.05) is 31.9 Å². The van der Waals surface area contributed by atoms with Crippen molar-refractivity contribution in [3.8, 4) is 17.2 Å². The molecule has 11 heteroatoms. The van der Waals surface area contributed by atoms with Crippen LogP contribution in [0, 0.1) is 18.7 Å². The minimum absolute atomic E-state index is 0.0199. The Bertz CT molecular complexity index is 1480. The first-order chi connectivity index (χ1) is 21.7. The Morgan fingerprint density at radius 3 is 2.60 bits per heavy atom. The zero-order valence-corrected chi connectivity index (χ0v) is 26.4. The second-order valence-corrected chi connectivity index (χ2v) is 11.9. The van der Waals surface area contributed by atoms with E-state index in [1.807, 2.05) is 34.2 Å². The number of likely N-dealkylation sites (tertiary alicyclic amines) is 1. The molecule has 3 aromatic rings. The number of fused-ring (bicyclic) bond motifs is 1. The van der Waals surface area contributed by atoms with Crippen LogP contribution in [-0.2, 0) is 16.1 Å². The number of aromatic nitrogens is 2. The van der Waals surface area contributed by atoms with Crippen LogP contribution in [0.1, 0.15) is 63.0 Å². The van der Waals surface area contributed by atoms with Crippen molar-refractivity contribution in [3.05, 3.63) is 65.7 Å². The highest BCUT2D eigenvalue weighted by Crippen LogP contribution is 2.47. The van der Waals surface area contributed by atoms with Crippen molar-refractivity contribution in [3.63, 3.8) is 0 Å². The molecule has 0 radical (unpaired) electrons. The molecule has 2 aliphatic rings. The number of aliphatic carboxylic acids is 1. The van der Waals surface area contributed by atoms with Crippen LogP contribution in [0.25, 0.3) is 0 Å². The minimum Gasteiger partial charge on any atom is -0.493 e. The number of carboxylic acids is 1. The molecule has 3 atom stereocenters. The fraction of sp³-hybridized carbons (Fsp3) is 0.500. The highest BCUT2D eigenvalue weighted by molar-refractivity contribution is 5.95. The van der Waals surface area contributed by atoms with E-state index in [1.54, 1.807) is 29.9 Å². The number of carbonyl (C=O) groups is 2. The van der Waals surface area contributed by atoms with Gasteiger partial charge >= 0.3 is 5.97 Å². The van der Waals surface area contributed by atoms with Gasteiger partial charge in [0.05, 0.1) is 19.6 Å². The number of anilines is 1. The Kier molecular flexibility index (Phi) is 10.3. The second kappa shape index (κ2) is 14.3. The number of aryl methyl sites for hydroxylation is 2. The molecular weight excluding hydrogens is 579 g/mol. The van der Waals surface area contributed by atoms with Gasteiger partial charge in [0.1, 0.15) is 5.82 Å². The van der Waals surface area contributed by atoms with Crippen molar-refractivity contribution >= 4 is 17.6 Å². The molecule has 0 spiro atoms. The molecule has 0 aliphatic carbocycles. The number of carbonyl (C=O) groups excluding carboxylic acids is 1. The van der Waals surface area contributed by atoms with Gasteiger partial charge in [0.25, 0.3) is 0 Å². The normalized spacial score (nSPS) is 19.3. The Balaban J connectivity index is 1.51. The van der Waals surface area contributed by atoms with Gasteiger partial charge in [-0.3, -0.25) is 19.2 Å². The van der Waals surface area contributed by atoms with Gasteiger partial charge in [-0.05, 0) is 73.7 Å². The average Bonchev–Trinajstić information content (AvgIpc) is 3.78. The monoisotopic (exact) mass is 622 g/mol. The molecule has 10 nitrogen and oxygen atoms in total.